The number of nitrogens with zero attached hydrogens (tertiary/aromatic N) is 1. The van der Waals surface area contributed by atoms with E-state index in [0.29, 0.717) is 12.6 Å². The van der Waals surface area contributed by atoms with Crippen LogP contribution in [0.4, 0.5) is 0 Å². The van der Waals surface area contributed by atoms with Crippen LogP contribution in [-0.2, 0) is 21.3 Å². The number of allylic oxidation sites excluding steroid dienone is 1. The molecule has 34 heavy (non-hydrogen) atoms. The number of ether oxygens (including phenoxy) is 2. The van der Waals surface area contributed by atoms with Gasteiger partial charge in [-0.2, -0.15) is 4.57 Å². The highest BCUT2D eigenvalue weighted by atomic mass is 32.1. The molecule has 0 N–H and O–H groups in total. The number of methoxy groups -OCH3 is 1. The number of rotatable bonds is 10. The van der Waals surface area contributed by atoms with Crippen LogP contribution in [0.3, 0.4) is 0 Å². The minimum atomic E-state index is -0.0995. The monoisotopic (exact) mass is 478 g/mol. The average molecular weight is 479 g/mol. The summed E-state index contributed by atoms with van der Waals surface area (Å²) in [6.07, 6.45) is 10.1. The number of aromatic nitrogens is 1. The van der Waals surface area contributed by atoms with E-state index < -0.39 is 0 Å². The Kier molecular flexibility index (Phi) is 7.79. The molecule has 2 aromatic heterocycles. The maximum absolute atomic E-state index is 6.52. The first-order chi connectivity index (χ1) is 16.5. The summed E-state index contributed by atoms with van der Waals surface area (Å²) in [5, 5.41) is 1.41. The Labute approximate surface area is 209 Å². The second-order valence-corrected chi connectivity index (χ2v) is 10.7. The van der Waals surface area contributed by atoms with Gasteiger partial charge < -0.3 is 9.47 Å². The van der Waals surface area contributed by atoms with E-state index in [1.165, 1.54) is 44.6 Å². The van der Waals surface area contributed by atoms with Gasteiger partial charge in [0.25, 0.3) is 0 Å². The van der Waals surface area contributed by atoms with E-state index in [9.17, 15) is 0 Å². The Bertz CT molecular complexity index is 1160. The number of thiophene rings is 1. The molecule has 0 aliphatic carbocycles. The van der Waals surface area contributed by atoms with Crippen LogP contribution in [-0.4, -0.2) is 19.8 Å². The molecule has 1 aliphatic rings. The highest BCUT2D eigenvalue weighted by molar-refractivity contribution is 7.22. The smallest absolute Gasteiger partial charge is 0.223 e. The Morgan fingerprint density at radius 1 is 1.21 bits per heavy atom. The van der Waals surface area contributed by atoms with E-state index in [1.54, 1.807) is 7.11 Å². The number of hydrogen-bond donors (Lipinski definition) is 0. The highest BCUT2D eigenvalue weighted by Gasteiger charge is 2.52. The number of unbranched alkanes of at least 4 members (excludes halogenated alkanes) is 1. The first kappa shape index (κ1) is 24.9. The van der Waals surface area contributed by atoms with Crippen molar-refractivity contribution in [2.45, 2.75) is 84.3 Å². The minimum Gasteiger partial charge on any atom is -0.497 e. The molecule has 3 heterocycles. The summed E-state index contributed by atoms with van der Waals surface area (Å²) in [7, 11) is 1.74. The number of pyridine rings is 1. The Hall–Kier alpha value is -2.17. The summed E-state index contributed by atoms with van der Waals surface area (Å²) in [6, 6.07) is 14.2. The third-order valence-electron chi connectivity index (χ3n) is 7.58. The third kappa shape index (κ3) is 4.43. The molecular weight excluding hydrogens is 438 g/mol. The van der Waals surface area contributed by atoms with Gasteiger partial charge in [-0.25, -0.2) is 0 Å². The third-order valence-corrected chi connectivity index (χ3v) is 8.76. The van der Waals surface area contributed by atoms with E-state index >= 15 is 0 Å². The van der Waals surface area contributed by atoms with Crippen LogP contribution >= 0.6 is 11.3 Å². The topological polar surface area (TPSA) is 22.3 Å². The van der Waals surface area contributed by atoms with Crippen molar-refractivity contribution >= 4 is 21.4 Å². The van der Waals surface area contributed by atoms with E-state index in [0.717, 1.165) is 25.0 Å². The van der Waals surface area contributed by atoms with Crippen molar-refractivity contribution in [3.8, 4) is 10.6 Å². The molecule has 1 aliphatic heterocycles. The number of benzene rings is 1. The van der Waals surface area contributed by atoms with Gasteiger partial charge in [0.1, 0.15) is 11.5 Å². The van der Waals surface area contributed by atoms with Crippen LogP contribution in [0.5, 0.6) is 0 Å². The van der Waals surface area contributed by atoms with Gasteiger partial charge in [0.05, 0.1) is 17.3 Å². The number of aryl methyl sites for hydroxylation is 1. The molecular formula is C30H40NO2S+. The van der Waals surface area contributed by atoms with E-state index in [4.69, 9.17) is 9.47 Å². The van der Waals surface area contributed by atoms with Crippen LogP contribution in [0.15, 0.2) is 54.4 Å². The lowest BCUT2D eigenvalue weighted by Crippen LogP contribution is -2.56. The van der Waals surface area contributed by atoms with Crippen LogP contribution in [0.2, 0.25) is 0 Å². The predicted molar refractivity (Wildman–Crippen MR) is 144 cm³/mol. The molecule has 0 saturated carbocycles. The SMILES string of the molecule is CCCCc1ccc2c3c(sc2c1)-c1cccc[n+]1C(CC)C3(CC)COC(C)=CC(C)OC. The molecule has 3 nitrogen and oxygen atoms in total. The van der Waals surface area contributed by atoms with E-state index in [-0.39, 0.29) is 11.5 Å². The molecule has 3 unspecified atom stereocenters. The molecule has 0 amide bonds. The van der Waals surface area contributed by atoms with Gasteiger partial charge >= 0.3 is 0 Å². The summed E-state index contributed by atoms with van der Waals surface area (Å²) in [5.41, 5.74) is 4.18. The van der Waals surface area contributed by atoms with Crippen molar-refractivity contribution in [3.63, 3.8) is 0 Å². The molecule has 4 heteroatoms. The van der Waals surface area contributed by atoms with Crippen LogP contribution in [0.25, 0.3) is 20.7 Å². The van der Waals surface area contributed by atoms with Crippen molar-refractivity contribution in [2.75, 3.05) is 13.7 Å². The Morgan fingerprint density at radius 3 is 2.74 bits per heavy atom. The molecule has 1 aromatic carbocycles. The molecule has 0 fully saturated rings. The quantitative estimate of drug-likeness (QED) is 0.219. The summed E-state index contributed by atoms with van der Waals surface area (Å²) in [5.74, 6) is 0.934. The van der Waals surface area contributed by atoms with Crippen LogP contribution < -0.4 is 4.57 Å². The zero-order valence-electron chi connectivity index (χ0n) is 21.7. The van der Waals surface area contributed by atoms with Gasteiger partial charge in [-0.05, 0) is 62.3 Å². The summed E-state index contributed by atoms with van der Waals surface area (Å²) in [4.78, 5) is 1.41. The zero-order chi connectivity index (χ0) is 24.3. The van der Waals surface area contributed by atoms with E-state index in [2.05, 4.69) is 80.9 Å². The Balaban J connectivity index is 1.88. The zero-order valence-corrected chi connectivity index (χ0v) is 22.5. The van der Waals surface area contributed by atoms with Crippen molar-refractivity contribution in [1.29, 1.82) is 0 Å². The lowest BCUT2D eigenvalue weighted by molar-refractivity contribution is -0.725. The average Bonchev–Trinajstić information content (AvgIpc) is 3.25. The molecule has 0 spiro atoms. The number of fused-ring (bicyclic) bond motifs is 5. The van der Waals surface area contributed by atoms with Gasteiger partial charge in [0, 0.05) is 35.9 Å². The van der Waals surface area contributed by atoms with Gasteiger partial charge in [-0.15, -0.1) is 11.3 Å². The molecule has 0 radical (unpaired) electrons. The molecule has 3 atom stereocenters. The second kappa shape index (κ2) is 10.6. The van der Waals surface area contributed by atoms with Crippen molar-refractivity contribution < 1.29 is 14.0 Å². The second-order valence-electron chi connectivity index (χ2n) is 9.67. The Morgan fingerprint density at radius 2 is 2.03 bits per heavy atom. The fourth-order valence-electron chi connectivity index (χ4n) is 5.66. The normalized spacial score (nSPS) is 20.8. The summed E-state index contributed by atoms with van der Waals surface area (Å²) in [6.45, 7) is 11.7. The molecule has 0 saturated heterocycles. The standard InChI is InChI=1S/C30H40NO2S/c1-7-10-13-23-15-16-24-26(19-23)34-29-25-14-11-12-17-31(25)27(8-2)30(9-3,28(24)29)20-33-22(5)18-21(4)32-6/h11-12,14-19,21,27H,7-10,13,20H2,1-6H3/q+1. The molecule has 3 aromatic rings. The first-order valence-corrected chi connectivity index (χ1v) is 13.7. The highest BCUT2D eigenvalue weighted by Crippen LogP contribution is 2.53. The maximum Gasteiger partial charge on any atom is 0.223 e. The minimum absolute atomic E-state index is 0.0417. The van der Waals surface area contributed by atoms with Gasteiger partial charge in [-0.3, -0.25) is 0 Å². The van der Waals surface area contributed by atoms with Crippen molar-refractivity contribution in [3.05, 3.63) is 65.6 Å². The van der Waals surface area contributed by atoms with Crippen LogP contribution in [0.1, 0.15) is 77.5 Å². The molecule has 4 rings (SSSR count). The van der Waals surface area contributed by atoms with Crippen molar-refractivity contribution in [2.24, 2.45) is 0 Å². The van der Waals surface area contributed by atoms with Gasteiger partial charge in [0.2, 0.25) is 5.69 Å². The summed E-state index contributed by atoms with van der Waals surface area (Å²) >= 11 is 1.96. The molecule has 0 bridgehead atoms. The summed E-state index contributed by atoms with van der Waals surface area (Å²) < 4.78 is 15.9. The van der Waals surface area contributed by atoms with E-state index in [1.807, 2.05) is 18.3 Å². The lowest BCUT2D eigenvalue weighted by Gasteiger charge is -2.40. The largest absolute Gasteiger partial charge is 0.497 e. The number of hydrogen-bond acceptors (Lipinski definition) is 3. The van der Waals surface area contributed by atoms with Crippen LogP contribution in [0, 0.1) is 0 Å². The maximum atomic E-state index is 6.52. The van der Waals surface area contributed by atoms with Gasteiger partial charge in [-0.1, -0.05) is 39.3 Å². The lowest BCUT2D eigenvalue weighted by atomic mass is 9.68. The van der Waals surface area contributed by atoms with Gasteiger partial charge in [0.15, 0.2) is 12.2 Å². The van der Waals surface area contributed by atoms with Crippen molar-refractivity contribution in [1.82, 2.24) is 0 Å². The molecule has 182 valence electrons. The predicted octanol–water partition coefficient (Wildman–Crippen LogP) is 7.77. The fraction of sp³-hybridized carbons (Fsp3) is 0.500. The first-order valence-electron chi connectivity index (χ1n) is 12.9. The fourth-order valence-corrected chi connectivity index (χ4v) is 7.07.